The molecule has 0 heterocycles. The number of hydrogen-bond acceptors (Lipinski definition) is 1. The van der Waals surface area contributed by atoms with Crippen LogP contribution >= 0.6 is 0 Å². The van der Waals surface area contributed by atoms with E-state index in [1.54, 1.807) is 6.92 Å². The third kappa shape index (κ3) is 2.74. The molecule has 1 unspecified atom stereocenters. The molecule has 1 amide bonds. The molecule has 1 aromatic carbocycles. The second-order valence-corrected chi connectivity index (χ2v) is 6.74. The molecule has 0 spiro atoms. The first-order valence-electron chi connectivity index (χ1n) is 7.98. The monoisotopic (exact) mass is 271 g/mol. The Morgan fingerprint density at radius 3 is 1.85 bits per heavy atom. The minimum atomic E-state index is 0.0460. The largest absolute Gasteiger partial charge is 0.326 e. The van der Waals surface area contributed by atoms with E-state index in [-0.39, 0.29) is 5.91 Å². The summed E-state index contributed by atoms with van der Waals surface area (Å²) in [7, 11) is 0. The van der Waals surface area contributed by atoms with E-state index in [1.807, 2.05) is 0 Å². The molecule has 0 radical (unpaired) electrons. The van der Waals surface area contributed by atoms with Gasteiger partial charge in [0.1, 0.15) is 0 Å². The second kappa shape index (κ2) is 5.23. The van der Waals surface area contributed by atoms with Crippen molar-refractivity contribution in [2.75, 3.05) is 5.32 Å². The Morgan fingerprint density at radius 1 is 1.05 bits per heavy atom. The Morgan fingerprint density at radius 2 is 1.50 bits per heavy atom. The van der Waals surface area contributed by atoms with Crippen LogP contribution in [0, 0.1) is 11.8 Å². The Hall–Kier alpha value is -1.31. The van der Waals surface area contributed by atoms with Crippen LogP contribution in [0.15, 0.2) is 18.2 Å². The van der Waals surface area contributed by atoms with Crippen molar-refractivity contribution < 1.29 is 4.79 Å². The van der Waals surface area contributed by atoms with Crippen molar-refractivity contribution >= 4 is 11.6 Å². The van der Waals surface area contributed by atoms with Gasteiger partial charge in [-0.25, -0.2) is 0 Å². The number of anilines is 1. The first kappa shape index (κ1) is 13.7. The average Bonchev–Trinajstić information content (AvgIpc) is 3.30. The molecule has 1 aromatic rings. The molecule has 2 atom stereocenters. The van der Waals surface area contributed by atoms with E-state index in [9.17, 15) is 4.79 Å². The van der Waals surface area contributed by atoms with E-state index in [0.29, 0.717) is 11.8 Å². The maximum atomic E-state index is 11.6. The maximum Gasteiger partial charge on any atom is 0.221 e. The van der Waals surface area contributed by atoms with Crippen LogP contribution in [0.2, 0.25) is 0 Å². The van der Waals surface area contributed by atoms with Crippen molar-refractivity contribution in [3.05, 3.63) is 29.3 Å². The first-order chi connectivity index (χ1) is 9.58. The highest BCUT2D eigenvalue weighted by atomic mass is 16.1. The summed E-state index contributed by atoms with van der Waals surface area (Å²) in [5.74, 6) is 2.79. The zero-order chi connectivity index (χ0) is 14.3. The third-order valence-corrected chi connectivity index (χ3v) is 5.07. The normalized spacial score (nSPS) is 21.4. The summed E-state index contributed by atoms with van der Waals surface area (Å²) in [6.45, 7) is 6.23. The fraction of sp³-hybridized carbons (Fsp3) is 0.611. The van der Waals surface area contributed by atoms with Crippen LogP contribution in [0.5, 0.6) is 0 Å². The number of para-hydroxylation sites is 1. The molecule has 2 aliphatic rings. The fourth-order valence-corrected chi connectivity index (χ4v) is 3.37. The summed E-state index contributed by atoms with van der Waals surface area (Å²) in [6.07, 6.45) is 5.35. The molecule has 0 saturated heterocycles. The number of nitrogens with one attached hydrogen (secondary N) is 1. The molecule has 2 heteroatoms. The minimum absolute atomic E-state index is 0.0460. The lowest BCUT2D eigenvalue weighted by Gasteiger charge is -2.23. The SMILES string of the molecule is CC(=O)Nc1c(C(C)C2CC2)cccc1[C@H](C)C1CC1. The van der Waals surface area contributed by atoms with Gasteiger partial charge in [-0.1, -0.05) is 32.0 Å². The quantitative estimate of drug-likeness (QED) is 0.828. The summed E-state index contributed by atoms with van der Waals surface area (Å²) in [5.41, 5.74) is 3.79. The van der Waals surface area contributed by atoms with Crippen molar-refractivity contribution in [1.82, 2.24) is 0 Å². The number of benzene rings is 1. The van der Waals surface area contributed by atoms with E-state index in [1.165, 1.54) is 36.8 Å². The van der Waals surface area contributed by atoms with Gasteiger partial charge in [-0.15, -0.1) is 0 Å². The van der Waals surface area contributed by atoms with Crippen LogP contribution in [-0.4, -0.2) is 5.91 Å². The Labute approximate surface area is 122 Å². The van der Waals surface area contributed by atoms with Gasteiger partial charge in [0.2, 0.25) is 5.91 Å². The fourth-order valence-electron chi connectivity index (χ4n) is 3.37. The smallest absolute Gasteiger partial charge is 0.221 e. The van der Waals surface area contributed by atoms with Gasteiger partial charge in [0.25, 0.3) is 0 Å². The highest BCUT2D eigenvalue weighted by Crippen LogP contribution is 2.48. The summed E-state index contributed by atoms with van der Waals surface area (Å²) < 4.78 is 0. The predicted molar refractivity (Wildman–Crippen MR) is 83.0 cm³/mol. The number of rotatable bonds is 5. The van der Waals surface area contributed by atoms with Gasteiger partial charge in [0.15, 0.2) is 0 Å². The zero-order valence-electron chi connectivity index (χ0n) is 12.8. The lowest BCUT2D eigenvalue weighted by Crippen LogP contribution is -2.14. The molecule has 2 saturated carbocycles. The molecular formula is C18H25NO. The molecule has 3 rings (SSSR count). The molecule has 108 valence electrons. The van der Waals surface area contributed by atoms with Crippen molar-refractivity contribution in [2.24, 2.45) is 11.8 Å². The molecule has 0 aliphatic heterocycles. The molecule has 2 fully saturated rings. The highest BCUT2D eigenvalue weighted by Gasteiger charge is 2.34. The van der Waals surface area contributed by atoms with Crippen molar-refractivity contribution in [1.29, 1.82) is 0 Å². The molecular weight excluding hydrogens is 246 g/mol. The number of hydrogen-bond donors (Lipinski definition) is 1. The summed E-state index contributed by atoms with van der Waals surface area (Å²) in [4.78, 5) is 11.6. The molecule has 0 aromatic heterocycles. The van der Waals surface area contributed by atoms with Crippen LogP contribution in [-0.2, 0) is 4.79 Å². The lowest BCUT2D eigenvalue weighted by molar-refractivity contribution is -0.114. The Kier molecular flexibility index (Phi) is 3.57. The predicted octanol–water partition coefficient (Wildman–Crippen LogP) is 4.67. The number of carbonyl (C=O) groups excluding carboxylic acids is 1. The van der Waals surface area contributed by atoms with E-state index in [4.69, 9.17) is 0 Å². The van der Waals surface area contributed by atoms with Crippen LogP contribution in [0.4, 0.5) is 5.69 Å². The molecule has 20 heavy (non-hydrogen) atoms. The molecule has 0 bridgehead atoms. The first-order valence-corrected chi connectivity index (χ1v) is 7.98. The lowest BCUT2D eigenvalue weighted by atomic mass is 9.87. The van der Waals surface area contributed by atoms with Crippen LogP contribution in [0.3, 0.4) is 0 Å². The number of amides is 1. The van der Waals surface area contributed by atoms with Gasteiger partial charge in [0.05, 0.1) is 0 Å². The summed E-state index contributed by atoms with van der Waals surface area (Å²) >= 11 is 0. The second-order valence-electron chi connectivity index (χ2n) is 6.74. The van der Waals surface area contributed by atoms with Crippen molar-refractivity contribution in [2.45, 2.75) is 58.3 Å². The average molecular weight is 271 g/mol. The van der Waals surface area contributed by atoms with Gasteiger partial charge in [-0.05, 0) is 60.5 Å². The Bertz CT molecular complexity index is 478. The minimum Gasteiger partial charge on any atom is -0.326 e. The Balaban J connectivity index is 1.98. The third-order valence-electron chi connectivity index (χ3n) is 5.07. The highest BCUT2D eigenvalue weighted by molar-refractivity contribution is 5.91. The van der Waals surface area contributed by atoms with Crippen LogP contribution in [0.1, 0.15) is 69.4 Å². The summed E-state index contributed by atoms with van der Waals surface area (Å²) in [6, 6.07) is 6.59. The summed E-state index contributed by atoms with van der Waals surface area (Å²) in [5, 5.41) is 3.13. The molecule has 2 aliphatic carbocycles. The van der Waals surface area contributed by atoms with Gasteiger partial charge in [-0.2, -0.15) is 0 Å². The standard InChI is InChI=1S/C18H25NO/c1-11(14-7-8-14)16-5-4-6-17(12(2)15-9-10-15)18(16)19-13(3)20/h4-6,11-12,14-15H,7-10H2,1-3H3,(H,19,20)/t11-,12?/m1/s1. The van der Waals surface area contributed by atoms with Crippen molar-refractivity contribution in [3.63, 3.8) is 0 Å². The van der Waals surface area contributed by atoms with Gasteiger partial charge in [0, 0.05) is 12.6 Å². The van der Waals surface area contributed by atoms with Gasteiger partial charge in [-0.3, -0.25) is 4.79 Å². The topological polar surface area (TPSA) is 29.1 Å². The van der Waals surface area contributed by atoms with Crippen LogP contribution < -0.4 is 5.32 Å². The molecule has 1 N–H and O–H groups in total. The van der Waals surface area contributed by atoms with E-state index < -0.39 is 0 Å². The van der Waals surface area contributed by atoms with E-state index in [0.717, 1.165) is 17.5 Å². The maximum absolute atomic E-state index is 11.6. The number of carbonyl (C=O) groups is 1. The van der Waals surface area contributed by atoms with E-state index in [2.05, 4.69) is 37.4 Å². The van der Waals surface area contributed by atoms with Gasteiger partial charge >= 0.3 is 0 Å². The van der Waals surface area contributed by atoms with Crippen molar-refractivity contribution in [3.8, 4) is 0 Å². The van der Waals surface area contributed by atoms with Crippen LogP contribution in [0.25, 0.3) is 0 Å². The zero-order valence-corrected chi connectivity index (χ0v) is 12.8. The van der Waals surface area contributed by atoms with Gasteiger partial charge < -0.3 is 5.32 Å². The van der Waals surface area contributed by atoms with E-state index >= 15 is 0 Å². The molecule has 2 nitrogen and oxygen atoms in total.